The van der Waals surface area contributed by atoms with E-state index in [4.69, 9.17) is 9.47 Å². The van der Waals surface area contributed by atoms with E-state index in [-0.39, 0.29) is 24.5 Å². The number of nitrogens with one attached hydrogen (secondary N) is 1. The summed E-state index contributed by atoms with van der Waals surface area (Å²) in [4.78, 5) is 23.7. The Morgan fingerprint density at radius 3 is 2.67 bits per heavy atom. The molecular formula is C16H21NO4. The minimum atomic E-state index is -0.0747. The van der Waals surface area contributed by atoms with Gasteiger partial charge in [-0.1, -0.05) is 13.3 Å². The molecule has 0 aromatic heterocycles. The minimum absolute atomic E-state index is 0.0578. The summed E-state index contributed by atoms with van der Waals surface area (Å²) in [7, 11) is 0. The number of hydrogen-bond donors (Lipinski definition) is 1. The van der Waals surface area contributed by atoms with Crippen LogP contribution in [0.5, 0.6) is 11.5 Å². The Hall–Kier alpha value is -2.04. The fourth-order valence-electron chi connectivity index (χ4n) is 2.08. The van der Waals surface area contributed by atoms with E-state index in [1.807, 2.05) is 0 Å². The number of amides is 1. The largest absolute Gasteiger partial charge is 0.486 e. The fraction of sp³-hybridized carbons (Fsp3) is 0.500. The molecule has 0 bridgehead atoms. The Morgan fingerprint density at radius 2 is 1.90 bits per heavy atom. The molecule has 1 aliphatic heterocycles. The smallest absolute Gasteiger partial charge is 0.220 e. The molecule has 114 valence electrons. The van der Waals surface area contributed by atoms with Gasteiger partial charge in [0.15, 0.2) is 17.3 Å². The lowest BCUT2D eigenvalue weighted by Gasteiger charge is -2.18. The van der Waals surface area contributed by atoms with Crippen molar-refractivity contribution in [3.63, 3.8) is 0 Å². The third kappa shape index (κ3) is 4.48. The lowest BCUT2D eigenvalue weighted by molar-refractivity contribution is -0.121. The Bertz CT molecular complexity index is 513. The van der Waals surface area contributed by atoms with E-state index in [1.165, 1.54) is 0 Å². The Labute approximate surface area is 124 Å². The van der Waals surface area contributed by atoms with Gasteiger partial charge in [0.25, 0.3) is 0 Å². The maximum absolute atomic E-state index is 12.1. The predicted octanol–water partition coefficient (Wildman–Crippen LogP) is 2.34. The van der Waals surface area contributed by atoms with Crippen molar-refractivity contribution in [3.8, 4) is 11.5 Å². The van der Waals surface area contributed by atoms with E-state index in [1.54, 1.807) is 18.2 Å². The molecule has 1 heterocycles. The van der Waals surface area contributed by atoms with Crippen LogP contribution < -0.4 is 14.8 Å². The van der Waals surface area contributed by atoms with Crippen LogP contribution >= 0.6 is 0 Å². The molecule has 5 heteroatoms. The van der Waals surface area contributed by atoms with Crippen LogP contribution in [-0.2, 0) is 4.79 Å². The lowest BCUT2D eigenvalue weighted by Crippen LogP contribution is -2.24. The molecular weight excluding hydrogens is 270 g/mol. The van der Waals surface area contributed by atoms with Gasteiger partial charge in [-0.25, -0.2) is 0 Å². The third-order valence-electron chi connectivity index (χ3n) is 3.30. The first-order valence-electron chi connectivity index (χ1n) is 7.40. The van der Waals surface area contributed by atoms with Crippen molar-refractivity contribution in [1.82, 2.24) is 5.32 Å². The van der Waals surface area contributed by atoms with Crippen LogP contribution in [0.2, 0.25) is 0 Å². The summed E-state index contributed by atoms with van der Waals surface area (Å²) < 4.78 is 10.9. The third-order valence-corrected chi connectivity index (χ3v) is 3.30. The molecule has 0 spiro atoms. The number of carbonyl (C=O) groups excluding carboxylic acids is 2. The number of benzene rings is 1. The highest BCUT2D eigenvalue weighted by atomic mass is 16.6. The monoisotopic (exact) mass is 291 g/mol. The van der Waals surface area contributed by atoms with Gasteiger partial charge < -0.3 is 14.8 Å². The molecule has 2 rings (SSSR count). The second-order valence-electron chi connectivity index (χ2n) is 4.99. The summed E-state index contributed by atoms with van der Waals surface area (Å²) in [6, 6.07) is 5.14. The van der Waals surface area contributed by atoms with Gasteiger partial charge in [-0.05, 0) is 24.6 Å². The summed E-state index contributed by atoms with van der Waals surface area (Å²) in [5.74, 6) is 1.13. The molecule has 1 N–H and O–H groups in total. The summed E-state index contributed by atoms with van der Waals surface area (Å²) in [6.07, 6.45) is 2.42. The lowest BCUT2D eigenvalue weighted by atomic mass is 10.1. The van der Waals surface area contributed by atoms with Gasteiger partial charge in [0.1, 0.15) is 13.2 Å². The van der Waals surface area contributed by atoms with Crippen LogP contribution in [0.15, 0.2) is 18.2 Å². The van der Waals surface area contributed by atoms with Gasteiger partial charge in [0, 0.05) is 24.9 Å². The maximum Gasteiger partial charge on any atom is 0.220 e. The number of carbonyl (C=O) groups is 2. The van der Waals surface area contributed by atoms with Crippen LogP contribution in [0, 0.1) is 0 Å². The fourth-order valence-corrected chi connectivity index (χ4v) is 2.08. The highest BCUT2D eigenvalue weighted by molar-refractivity contribution is 5.98. The summed E-state index contributed by atoms with van der Waals surface area (Å²) in [5.41, 5.74) is 0.556. The highest BCUT2D eigenvalue weighted by Gasteiger charge is 2.15. The zero-order valence-corrected chi connectivity index (χ0v) is 12.3. The molecule has 0 unspecified atom stereocenters. The van der Waals surface area contributed by atoms with Crippen molar-refractivity contribution in [2.24, 2.45) is 0 Å². The zero-order valence-electron chi connectivity index (χ0n) is 12.3. The molecule has 0 saturated carbocycles. The average molecular weight is 291 g/mol. The van der Waals surface area contributed by atoms with E-state index in [2.05, 4.69) is 12.2 Å². The molecule has 0 atom stereocenters. The molecule has 0 radical (unpaired) electrons. The van der Waals surface area contributed by atoms with E-state index >= 15 is 0 Å². The Balaban J connectivity index is 1.84. The number of ether oxygens (including phenoxy) is 2. The second kappa shape index (κ2) is 7.67. The van der Waals surface area contributed by atoms with Crippen molar-refractivity contribution in [1.29, 1.82) is 0 Å². The first kappa shape index (κ1) is 15.4. The summed E-state index contributed by atoms with van der Waals surface area (Å²) in [5, 5.41) is 2.80. The molecule has 0 fully saturated rings. The van der Waals surface area contributed by atoms with Gasteiger partial charge in [-0.15, -0.1) is 0 Å². The van der Waals surface area contributed by atoms with E-state index in [0.717, 1.165) is 12.8 Å². The molecule has 0 aliphatic carbocycles. The number of rotatable bonds is 7. The van der Waals surface area contributed by atoms with Gasteiger partial charge in [0.05, 0.1) is 0 Å². The summed E-state index contributed by atoms with van der Waals surface area (Å²) in [6.45, 7) is 3.76. The van der Waals surface area contributed by atoms with Crippen molar-refractivity contribution >= 4 is 11.7 Å². The number of fused-ring (bicyclic) bond motifs is 1. The average Bonchev–Trinajstić information content (AvgIpc) is 2.52. The predicted molar refractivity (Wildman–Crippen MR) is 78.9 cm³/mol. The van der Waals surface area contributed by atoms with Gasteiger partial charge >= 0.3 is 0 Å². The Morgan fingerprint density at radius 1 is 1.14 bits per heavy atom. The standard InChI is InChI=1S/C16H21NO4/c1-2-3-8-17-16(19)7-5-13(18)12-4-6-14-15(11-12)21-10-9-20-14/h4,6,11H,2-3,5,7-10H2,1H3,(H,17,19). The van der Waals surface area contributed by atoms with Crippen LogP contribution in [0.1, 0.15) is 43.0 Å². The topological polar surface area (TPSA) is 64.6 Å². The number of ketones is 1. The normalized spacial score (nSPS) is 12.8. The highest BCUT2D eigenvalue weighted by Crippen LogP contribution is 2.31. The first-order valence-corrected chi connectivity index (χ1v) is 7.40. The van der Waals surface area contributed by atoms with Gasteiger partial charge in [0.2, 0.25) is 5.91 Å². The van der Waals surface area contributed by atoms with E-state index in [9.17, 15) is 9.59 Å². The minimum Gasteiger partial charge on any atom is -0.486 e. The van der Waals surface area contributed by atoms with Crippen molar-refractivity contribution in [2.45, 2.75) is 32.6 Å². The Kier molecular flexibility index (Phi) is 5.60. The quantitative estimate of drug-likeness (QED) is 0.618. The van der Waals surface area contributed by atoms with E-state index < -0.39 is 0 Å². The molecule has 1 aromatic carbocycles. The number of Topliss-reactive ketones (excluding diaryl/α,β-unsaturated/α-hetero) is 1. The van der Waals surface area contributed by atoms with Crippen LogP contribution in [0.25, 0.3) is 0 Å². The number of unbranched alkanes of at least 4 members (excludes halogenated alkanes) is 1. The van der Waals surface area contributed by atoms with Gasteiger partial charge in [-0.2, -0.15) is 0 Å². The molecule has 21 heavy (non-hydrogen) atoms. The SMILES string of the molecule is CCCCNC(=O)CCC(=O)c1ccc2c(c1)OCCO2. The molecule has 1 aliphatic rings. The van der Waals surface area contributed by atoms with Crippen molar-refractivity contribution in [2.75, 3.05) is 19.8 Å². The first-order chi connectivity index (χ1) is 10.2. The summed E-state index contributed by atoms with van der Waals surface area (Å²) >= 11 is 0. The number of hydrogen-bond acceptors (Lipinski definition) is 4. The van der Waals surface area contributed by atoms with E-state index in [0.29, 0.717) is 36.8 Å². The molecule has 1 aromatic rings. The molecule has 1 amide bonds. The zero-order chi connectivity index (χ0) is 15.1. The molecule has 5 nitrogen and oxygen atoms in total. The molecule has 0 saturated heterocycles. The maximum atomic E-state index is 12.1. The van der Waals surface area contributed by atoms with Crippen LogP contribution in [-0.4, -0.2) is 31.4 Å². The van der Waals surface area contributed by atoms with Crippen molar-refractivity contribution in [3.05, 3.63) is 23.8 Å². The van der Waals surface area contributed by atoms with Crippen LogP contribution in [0.4, 0.5) is 0 Å². The van der Waals surface area contributed by atoms with Crippen LogP contribution in [0.3, 0.4) is 0 Å². The van der Waals surface area contributed by atoms with Crippen molar-refractivity contribution < 1.29 is 19.1 Å². The van der Waals surface area contributed by atoms with Gasteiger partial charge in [-0.3, -0.25) is 9.59 Å². The second-order valence-corrected chi connectivity index (χ2v) is 4.99.